The van der Waals surface area contributed by atoms with Crippen molar-refractivity contribution < 1.29 is 19.1 Å². The number of nitrogens with one attached hydrogen (secondary N) is 1. The van der Waals surface area contributed by atoms with Crippen LogP contribution in [-0.2, 0) is 17.9 Å². The van der Waals surface area contributed by atoms with Gasteiger partial charge in [0, 0.05) is 29.1 Å². The summed E-state index contributed by atoms with van der Waals surface area (Å²) < 4.78 is 12.9. The number of benzene rings is 2. The number of methoxy groups -OCH3 is 2. The highest BCUT2D eigenvalue weighted by atomic mass is 16.5. The number of hydrogen-bond donors (Lipinski definition) is 1. The second kappa shape index (κ2) is 9.41. The lowest BCUT2D eigenvalue weighted by atomic mass is 9.93. The SMILES string of the molecule is COc1ccc(CN2C(=O)c3cc4ccccc4n3C[C@]2(C)C(=O)NCCC(C)C)c(OC)c1. The molecular formula is C27H33N3O4. The van der Waals surface area contributed by atoms with Gasteiger partial charge in [-0.3, -0.25) is 9.59 Å². The van der Waals surface area contributed by atoms with Gasteiger partial charge in [0.25, 0.3) is 5.91 Å². The predicted molar refractivity (Wildman–Crippen MR) is 132 cm³/mol. The molecule has 0 spiro atoms. The highest BCUT2D eigenvalue weighted by molar-refractivity contribution is 6.03. The third-order valence-corrected chi connectivity index (χ3v) is 6.66. The van der Waals surface area contributed by atoms with Crippen LogP contribution in [0.1, 0.15) is 43.2 Å². The van der Waals surface area contributed by atoms with Gasteiger partial charge in [0.1, 0.15) is 22.7 Å². The van der Waals surface area contributed by atoms with Crippen molar-refractivity contribution in [3.8, 4) is 11.5 Å². The summed E-state index contributed by atoms with van der Waals surface area (Å²) in [5.74, 6) is 1.42. The summed E-state index contributed by atoms with van der Waals surface area (Å²) in [5.41, 5.74) is 1.27. The van der Waals surface area contributed by atoms with Gasteiger partial charge in [0.2, 0.25) is 5.91 Å². The molecule has 0 bridgehead atoms. The first-order valence-corrected chi connectivity index (χ1v) is 11.7. The second-order valence-electron chi connectivity index (χ2n) is 9.46. The van der Waals surface area contributed by atoms with Gasteiger partial charge < -0.3 is 24.3 Å². The second-order valence-corrected chi connectivity index (χ2v) is 9.46. The molecule has 3 aromatic rings. The van der Waals surface area contributed by atoms with Crippen LogP contribution in [0, 0.1) is 5.92 Å². The number of aromatic nitrogens is 1. The highest BCUT2D eigenvalue weighted by Crippen LogP contribution is 2.35. The van der Waals surface area contributed by atoms with Crippen LogP contribution in [0.15, 0.2) is 48.5 Å². The summed E-state index contributed by atoms with van der Waals surface area (Å²) in [6, 6.07) is 15.3. The maximum atomic E-state index is 13.9. The molecule has 2 amide bonds. The number of carbonyl (C=O) groups is 2. The van der Waals surface area contributed by atoms with Gasteiger partial charge in [-0.1, -0.05) is 32.0 Å². The van der Waals surface area contributed by atoms with Gasteiger partial charge in [0.05, 0.1) is 27.3 Å². The Morgan fingerprint density at radius 1 is 1.12 bits per heavy atom. The van der Waals surface area contributed by atoms with E-state index in [1.165, 1.54) is 0 Å². The zero-order valence-corrected chi connectivity index (χ0v) is 20.6. The molecule has 4 rings (SSSR count). The van der Waals surface area contributed by atoms with Gasteiger partial charge in [-0.05, 0) is 43.5 Å². The van der Waals surface area contributed by atoms with Crippen molar-refractivity contribution in [2.24, 2.45) is 5.92 Å². The Kier molecular flexibility index (Phi) is 6.55. The fourth-order valence-corrected chi connectivity index (χ4v) is 4.57. The quantitative estimate of drug-likeness (QED) is 0.543. The average molecular weight is 464 g/mol. The van der Waals surface area contributed by atoms with E-state index in [0.29, 0.717) is 36.2 Å². The van der Waals surface area contributed by atoms with E-state index in [4.69, 9.17) is 9.47 Å². The zero-order chi connectivity index (χ0) is 24.5. The Hall–Kier alpha value is -3.48. The van der Waals surface area contributed by atoms with Crippen LogP contribution in [0.4, 0.5) is 0 Å². The van der Waals surface area contributed by atoms with Crippen LogP contribution >= 0.6 is 0 Å². The summed E-state index contributed by atoms with van der Waals surface area (Å²) >= 11 is 0. The Balaban J connectivity index is 1.76. The van der Waals surface area contributed by atoms with Crippen molar-refractivity contribution >= 4 is 22.7 Å². The minimum absolute atomic E-state index is 0.155. The molecule has 1 aromatic heterocycles. The van der Waals surface area contributed by atoms with Gasteiger partial charge in [0.15, 0.2) is 0 Å². The molecule has 180 valence electrons. The molecule has 1 atom stereocenters. The van der Waals surface area contributed by atoms with Crippen LogP contribution < -0.4 is 14.8 Å². The first-order chi connectivity index (χ1) is 16.3. The monoisotopic (exact) mass is 463 g/mol. The number of amides is 2. The van der Waals surface area contributed by atoms with Gasteiger partial charge in [-0.15, -0.1) is 0 Å². The van der Waals surface area contributed by atoms with Gasteiger partial charge in [-0.2, -0.15) is 0 Å². The largest absolute Gasteiger partial charge is 0.497 e. The van der Waals surface area contributed by atoms with Crippen molar-refractivity contribution in [1.82, 2.24) is 14.8 Å². The molecule has 1 N–H and O–H groups in total. The van der Waals surface area contributed by atoms with Crippen LogP contribution in [0.2, 0.25) is 0 Å². The standard InChI is InChI=1S/C27H33N3O4/c1-18(2)12-13-28-26(32)27(3)17-29-22-9-7-6-8-19(22)14-23(29)25(31)30(27)16-20-10-11-21(33-4)15-24(20)34-5/h6-11,14-15,18H,12-13,16-17H2,1-5H3,(H,28,32)/t27-/m1/s1. The smallest absolute Gasteiger partial charge is 0.271 e. The first-order valence-electron chi connectivity index (χ1n) is 11.7. The van der Waals surface area contributed by atoms with E-state index >= 15 is 0 Å². The van der Waals surface area contributed by atoms with Crippen LogP contribution in [-0.4, -0.2) is 47.6 Å². The molecule has 0 aliphatic carbocycles. The number of fused-ring (bicyclic) bond motifs is 3. The molecule has 7 heteroatoms. The lowest BCUT2D eigenvalue weighted by Crippen LogP contribution is -2.63. The number of rotatable bonds is 8. The Bertz CT molecular complexity index is 1220. The lowest BCUT2D eigenvalue weighted by Gasteiger charge is -2.44. The maximum Gasteiger partial charge on any atom is 0.271 e. The van der Waals surface area contributed by atoms with E-state index in [9.17, 15) is 9.59 Å². The lowest BCUT2D eigenvalue weighted by molar-refractivity contribution is -0.133. The molecule has 0 fully saturated rings. The summed E-state index contributed by atoms with van der Waals surface area (Å²) in [7, 11) is 3.19. The topological polar surface area (TPSA) is 72.8 Å². The molecule has 34 heavy (non-hydrogen) atoms. The van der Waals surface area contributed by atoms with Crippen LogP contribution in [0.3, 0.4) is 0 Å². The number of nitrogens with zero attached hydrogens (tertiary/aromatic N) is 2. The Morgan fingerprint density at radius 2 is 1.88 bits per heavy atom. The molecule has 0 saturated carbocycles. The van der Waals surface area contributed by atoms with Gasteiger partial charge in [-0.25, -0.2) is 0 Å². The molecule has 1 aliphatic heterocycles. The normalized spacial score (nSPS) is 17.7. The first kappa shape index (κ1) is 23.7. The summed E-state index contributed by atoms with van der Waals surface area (Å²) in [5, 5.41) is 4.06. The summed E-state index contributed by atoms with van der Waals surface area (Å²) in [6.07, 6.45) is 0.875. The number of ether oxygens (including phenoxy) is 2. The minimum atomic E-state index is -1.08. The number of carbonyl (C=O) groups excluding carboxylic acids is 2. The fraction of sp³-hybridized carbons (Fsp3) is 0.407. The molecule has 0 unspecified atom stereocenters. The van der Waals surface area contributed by atoms with E-state index in [0.717, 1.165) is 22.9 Å². The molecule has 2 heterocycles. The highest BCUT2D eigenvalue weighted by Gasteiger charge is 2.47. The summed E-state index contributed by atoms with van der Waals surface area (Å²) in [4.78, 5) is 29.2. The molecule has 0 radical (unpaired) electrons. The van der Waals surface area contributed by atoms with E-state index < -0.39 is 5.54 Å². The van der Waals surface area contributed by atoms with Crippen molar-refractivity contribution in [3.05, 3.63) is 59.8 Å². The predicted octanol–water partition coefficient (Wildman–Crippen LogP) is 4.24. The average Bonchev–Trinajstić information content (AvgIpc) is 3.20. The fourth-order valence-electron chi connectivity index (χ4n) is 4.57. The third-order valence-electron chi connectivity index (χ3n) is 6.66. The van der Waals surface area contributed by atoms with Crippen molar-refractivity contribution in [2.75, 3.05) is 20.8 Å². The Labute approximate surface area is 200 Å². The number of hydrogen-bond acceptors (Lipinski definition) is 4. The van der Waals surface area contributed by atoms with Crippen molar-refractivity contribution in [2.45, 2.75) is 45.8 Å². The Morgan fingerprint density at radius 3 is 2.59 bits per heavy atom. The molecular weight excluding hydrogens is 430 g/mol. The van der Waals surface area contributed by atoms with E-state index in [2.05, 4.69) is 19.2 Å². The molecule has 0 saturated heterocycles. The molecule has 2 aromatic carbocycles. The number of para-hydroxylation sites is 1. The van der Waals surface area contributed by atoms with Crippen molar-refractivity contribution in [1.29, 1.82) is 0 Å². The van der Waals surface area contributed by atoms with Crippen LogP contribution in [0.25, 0.3) is 10.9 Å². The van der Waals surface area contributed by atoms with Crippen molar-refractivity contribution in [3.63, 3.8) is 0 Å². The van der Waals surface area contributed by atoms with Crippen LogP contribution in [0.5, 0.6) is 11.5 Å². The minimum Gasteiger partial charge on any atom is -0.497 e. The third kappa shape index (κ3) is 4.22. The zero-order valence-electron chi connectivity index (χ0n) is 20.6. The summed E-state index contributed by atoms with van der Waals surface area (Å²) in [6.45, 7) is 7.27. The van der Waals surface area contributed by atoms with Gasteiger partial charge >= 0.3 is 0 Å². The van der Waals surface area contributed by atoms with E-state index in [1.54, 1.807) is 25.2 Å². The van der Waals surface area contributed by atoms with E-state index in [-0.39, 0.29) is 18.4 Å². The molecule has 7 nitrogen and oxygen atoms in total. The van der Waals surface area contributed by atoms with E-state index in [1.807, 2.05) is 54.0 Å². The maximum absolute atomic E-state index is 13.9. The molecule has 1 aliphatic rings.